The lowest BCUT2D eigenvalue weighted by molar-refractivity contribution is -0.146. The van der Waals surface area contributed by atoms with E-state index < -0.39 is 0 Å². The molecule has 1 amide bonds. The first kappa shape index (κ1) is 9.97. The second-order valence-electron chi connectivity index (χ2n) is 5.66. The monoisotopic (exact) mass is 196 g/mol. The fraction of sp³-hybridized carbons (Fsp3) is 0.909. The Morgan fingerprint density at radius 1 is 1.43 bits per heavy atom. The standard InChI is InChI=1S/C11H20N2O/c1-10(2,3)13-6-4-5-11(8-13)7-12-9(11)14/h4-8H2,1-3H3,(H,12,14)/t11-/m1/s1. The number of nitrogens with zero attached hydrogens (tertiary/aromatic N) is 1. The summed E-state index contributed by atoms with van der Waals surface area (Å²) in [6.07, 6.45) is 2.23. The van der Waals surface area contributed by atoms with Crippen molar-refractivity contribution < 1.29 is 4.79 Å². The molecule has 2 fully saturated rings. The minimum Gasteiger partial charge on any atom is -0.354 e. The van der Waals surface area contributed by atoms with E-state index in [9.17, 15) is 4.79 Å². The molecule has 0 unspecified atom stereocenters. The Morgan fingerprint density at radius 3 is 2.57 bits per heavy atom. The van der Waals surface area contributed by atoms with Gasteiger partial charge in [0.25, 0.3) is 0 Å². The number of β-lactam (4-membered cyclic amide) rings is 1. The Bertz CT molecular complexity index is 257. The Labute approximate surface area is 85.8 Å². The average molecular weight is 196 g/mol. The molecule has 2 heterocycles. The van der Waals surface area contributed by atoms with Crippen LogP contribution in [0.25, 0.3) is 0 Å². The molecule has 14 heavy (non-hydrogen) atoms. The quantitative estimate of drug-likeness (QED) is 0.586. The van der Waals surface area contributed by atoms with Gasteiger partial charge in [-0.2, -0.15) is 0 Å². The summed E-state index contributed by atoms with van der Waals surface area (Å²) in [5.74, 6) is 0.270. The first-order chi connectivity index (χ1) is 6.44. The van der Waals surface area contributed by atoms with Gasteiger partial charge in [-0.25, -0.2) is 0 Å². The smallest absolute Gasteiger partial charge is 0.229 e. The molecule has 1 spiro atoms. The maximum Gasteiger partial charge on any atom is 0.229 e. The Hall–Kier alpha value is -0.570. The third-order valence-electron chi connectivity index (χ3n) is 3.59. The molecule has 1 atom stereocenters. The highest BCUT2D eigenvalue weighted by molar-refractivity contribution is 5.89. The van der Waals surface area contributed by atoms with Crippen LogP contribution in [-0.4, -0.2) is 36.0 Å². The number of carbonyl (C=O) groups excluding carboxylic acids is 1. The van der Waals surface area contributed by atoms with E-state index in [1.54, 1.807) is 0 Å². The van der Waals surface area contributed by atoms with Crippen LogP contribution in [0.4, 0.5) is 0 Å². The molecule has 0 aromatic carbocycles. The van der Waals surface area contributed by atoms with Gasteiger partial charge in [0.15, 0.2) is 0 Å². The third-order valence-corrected chi connectivity index (χ3v) is 3.59. The predicted molar refractivity (Wildman–Crippen MR) is 56.0 cm³/mol. The molecule has 1 N–H and O–H groups in total. The molecule has 2 rings (SSSR count). The molecule has 0 aliphatic carbocycles. The molecule has 2 aliphatic rings. The molecule has 0 aromatic rings. The fourth-order valence-corrected chi connectivity index (χ4v) is 2.44. The summed E-state index contributed by atoms with van der Waals surface area (Å²) >= 11 is 0. The van der Waals surface area contributed by atoms with Crippen molar-refractivity contribution in [1.29, 1.82) is 0 Å². The van der Waals surface area contributed by atoms with E-state index in [-0.39, 0.29) is 16.9 Å². The van der Waals surface area contributed by atoms with Crippen molar-refractivity contribution in [3.05, 3.63) is 0 Å². The normalized spacial score (nSPS) is 34.1. The van der Waals surface area contributed by atoms with E-state index in [1.165, 1.54) is 0 Å². The Morgan fingerprint density at radius 2 is 2.14 bits per heavy atom. The molecule has 2 saturated heterocycles. The molecule has 0 radical (unpaired) electrons. The number of rotatable bonds is 0. The number of hydrogen-bond donors (Lipinski definition) is 1. The van der Waals surface area contributed by atoms with Gasteiger partial charge < -0.3 is 5.32 Å². The van der Waals surface area contributed by atoms with E-state index in [1.807, 2.05) is 0 Å². The lowest BCUT2D eigenvalue weighted by Crippen LogP contribution is -2.67. The van der Waals surface area contributed by atoms with Gasteiger partial charge in [0, 0.05) is 18.6 Å². The molecular weight excluding hydrogens is 176 g/mol. The highest BCUT2D eigenvalue weighted by Crippen LogP contribution is 2.37. The zero-order chi connectivity index (χ0) is 10.4. The number of likely N-dealkylation sites (tertiary alicyclic amines) is 1. The SMILES string of the molecule is CC(C)(C)N1CCC[C@@]2(CNC2=O)C1. The minimum atomic E-state index is -0.0362. The molecule has 80 valence electrons. The summed E-state index contributed by atoms with van der Waals surface area (Å²) in [6, 6.07) is 0. The fourth-order valence-electron chi connectivity index (χ4n) is 2.44. The minimum absolute atomic E-state index is 0.0362. The molecule has 3 heteroatoms. The van der Waals surface area contributed by atoms with Crippen molar-refractivity contribution in [3.63, 3.8) is 0 Å². The predicted octanol–water partition coefficient (Wildman–Crippen LogP) is 0.997. The summed E-state index contributed by atoms with van der Waals surface area (Å²) in [5, 5.41) is 2.88. The third kappa shape index (κ3) is 1.44. The van der Waals surface area contributed by atoms with Gasteiger partial charge in [-0.3, -0.25) is 9.69 Å². The van der Waals surface area contributed by atoms with Gasteiger partial charge in [-0.15, -0.1) is 0 Å². The highest BCUT2D eigenvalue weighted by atomic mass is 16.2. The molecule has 3 nitrogen and oxygen atoms in total. The van der Waals surface area contributed by atoms with Crippen molar-refractivity contribution in [2.75, 3.05) is 19.6 Å². The van der Waals surface area contributed by atoms with Gasteiger partial charge >= 0.3 is 0 Å². The molecule has 0 bridgehead atoms. The molecular formula is C11H20N2O. The van der Waals surface area contributed by atoms with E-state index in [2.05, 4.69) is 31.0 Å². The van der Waals surface area contributed by atoms with Crippen LogP contribution < -0.4 is 5.32 Å². The Balaban J connectivity index is 2.08. The van der Waals surface area contributed by atoms with Crippen molar-refractivity contribution >= 4 is 5.91 Å². The number of nitrogens with one attached hydrogen (secondary N) is 1. The number of carbonyl (C=O) groups is 1. The van der Waals surface area contributed by atoms with E-state index in [0.29, 0.717) is 0 Å². The number of hydrogen-bond acceptors (Lipinski definition) is 2. The lowest BCUT2D eigenvalue weighted by atomic mass is 9.73. The summed E-state index contributed by atoms with van der Waals surface area (Å²) in [7, 11) is 0. The van der Waals surface area contributed by atoms with Crippen molar-refractivity contribution in [3.8, 4) is 0 Å². The van der Waals surface area contributed by atoms with Gasteiger partial charge in [-0.1, -0.05) is 0 Å². The van der Waals surface area contributed by atoms with E-state index >= 15 is 0 Å². The summed E-state index contributed by atoms with van der Waals surface area (Å²) in [6.45, 7) is 9.65. The maximum absolute atomic E-state index is 11.5. The Kier molecular flexibility index (Phi) is 2.11. The van der Waals surface area contributed by atoms with Gasteiger partial charge in [0.05, 0.1) is 5.41 Å². The van der Waals surface area contributed by atoms with Crippen molar-refractivity contribution in [2.45, 2.75) is 39.2 Å². The van der Waals surface area contributed by atoms with Crippen LogP contribution >= 0.6 is 0 Å². The zero-order valence-electron chi connectivity index (χ0n) is 9.39. The van der Waals surface area contributed by atoms with Gasteiger partial charge in [-0.05, 0) is 40.2 Å². The highest BCUT2D eigenvalue weighted by Gasteiger charge is 2.49. The largest absolute Gasteiger partial charge is 0.354 e. The lowest BCUT2D eigenvalue weighted by Gasteiger charge is -2.51. The van der Waals surface area contributed by atoms with E-state index in [0.717, 1.165) is 32.5 Å². The summed E-state index contributed by atoms with van der Waals surface area (Å²) in [4.78, 5) is 14.0. The first-order valence-electron chi connectivity index (χ1n) is 5.47. The summed E-state index contributed by atoms with van der Waals surface area (Å²) in [5.41, 5.74) is 0.162. The molecule has 0 saturated carbocycles. The first-order valence-corrected chi connectivity index (χ1v) is 5.47. The second-order valence-corrected chi connectivity index (χ2v) is 5.66. The molecule has 0 aromatic heterocycles. The summed E-state index contributed by atoms with van der Waals surface area (Å²) < 4.78 is 0. The second kappa shape index (κ2) is 2.96. The van der Waals surface area contributed by atoms with Crippen molar-refractivity contribution in [2.24, 2.45) is 5.41 Å². The van der Waals surface area contributed by atoms with Crippen LogP contribution in [0.15, 0.2) is 0 Å². The van der Waals surface area contributed by atoms with Crippen LogP contribution in [0, 0.1) is 5.41 Å². The van der Waals surface area contributed by atoms with Crippen molar-refractivity contribution in [1.82, 2.24) is 10.2 Å². The topological polar surface area (TPSA) is 32.3 Å². The van der Waals surface area contributed by atoms with Crippen LogP contribution in [-0.2, 0) is 4.79 Å². The zero-order valence-corrected chi connectivity index (χ0v) is 9.39. The van der Waals surface area contributed by atoms with Crippen LogP contribution in [0.5, 0.6) is 0 Å². The van der Waals surface area contributed by atoms with Crippen LogP contribution in [0.1, 0.15) is 33.6 Å². The number of piperidine rings is 1. The van der Waals surface area contributed by atoms with E-state index in [4.69, 9.17) is 0 Å². The molecule has 2 aliphatic heterocycles. The van der Waals surface area contributed by atoms with Crippen LogP contribution in [0.2, 0.25) is 0 Å². The maximum atomic E-state index is 11.5. The number of amides is 1. The van der Waals surface area contributed by atoms with Crippen LogP contribution in [0.3, 0.4) is 0 Å². The van der Waals surface area contributed by atoms with Gasteiger partial charge in [0.2, 0.25) is 5.91 Å². The average Bonchev–Trinajstić information content (AvgIpc) is 2.14. The van der Waals surface area contributed by atoms with Gasteiger partial charge in [0.1, 0.15) is 0 Å².